The first-order chi connectivity index (χ1) is 14.5. The van der Waals surface area contributed by atoms with Crippen molar-refractivity contribution in [2.45, 2.75) is 25.8 Å². The molecule has 2 amide bonds. The molecule has 30 heavy (non-hydrogen) atoms. The number of hydrogen-bond acceptors (Lipinski definition) is 3. The second-order valence-corrected chi connectivity index (χ2v) is 8.40. The summed E-state index contributed by atoms with van der Waals surface area (Å²) in [7, 11) is 2.09. The maximum absolute atomic E-state index is 12.7. The Labute approximate surface area is 184 Å². The third kappa shape index (κ3) is 6.57. The van der Waals surface area contributed by atoms with Gasteiger partial charge >= 0.3 is 0 Å². The molecule has 0 radical (unpaired) electrons. The fourth-order valence-electron chi connectivity index (χ4n) is 3.83. The van der Waals surface area contributed by atoms with Crippen LogP contribution in [0.15, 0.2) is 54.6 Å². The van der Waals surface area contributed by atoms with E-state index in [2.05, 4.69) is 41.5 Å². The lowest BCUT2D eigenvalue weighted by Gasteiger charge is -2.32. The average molecular weight is 428 g/mol. The third-order valence-electron chi connectivity index (χ3n) is 5.48. The molecule has 0 saturated carbocycles. The van der Waals surface area contributed by atoms with E-state index in [-0.39, 0.29) is 17.7 Å². The Hall–Kier alpha value is -2.37. The second-order valence-electron chi connectivity index (χ2n) is 7.97. The van der Waals surface area contributed by atoms with Gasteiger partial charge in [-0.1, -0.05) is 41.9 Å². The minimum absolute atomic E-state index is 0.0355. The summed E-state index contributed by atoms with van der Waals surface area (Å²) >= 11 is 5.91. The van der Waals surface area contributed by atoms with Crippen molar-refractivity contribution in [3.63, 3.8) is 0 Å². The van der Waals surface area contributed by atoms with Crippen molar-refractivity contribution in [3.8, 4) is 0 Å². The molecular formula is C24H30ClN3O2. The van der Waals surface area contributed by atoms with Gasteiger partial charge in [0, 0.05) is 36.8 Å². The monoisotopic (exact) mass is 427 g/mol. The summed E-state index contributed by atoms with van der Waals surface area (Å²) in [6.07, 6.45) is 2.57. The zero-order chi connectivity index (χ0) is 21.3. The summed E-state index contributed by atoms with van der Waals surface area (Å²) in [5, 5.41) is 3.67. The van der Waals surface area contributed by atoms with E-state index in [1.165, 1.54) is 5.56 Å². The van der Waals surface area contributed by atoms with Crippen molar-refractivity contribution < 1.29 is 9.59 Å². The number of rotatable bonds is 8. The summed E-state index contributed by atoms with van der Waals surface area (Å²) in [6, 6.07) is 17.3. The highest BCUT2D eigenvalue weighted by Crippen LogP contribution is 2.20. The summed E-state index contributed by atoms with van der Waals surface area (Å²) in [5.74, 6) is -0.127. The molecule has 0 bridgehead atoms. The van der Waals surface area contributed by atoms with Gasteiger partial charge in [0.1, 0.15) is 0 Å². The van der Waals surface area contributed by atoms with Gasteiger partial charge in [-0.25, -0.2) is 0 Å². The van der Waals surface area contributed by atoms with E-state index in [1.54, 1.807) is 29.2 Å². The van der Waals surface area contributed by atoms with Gasteiger partial charge < -0.3 is 15.1 Å². The first kappa shape index (κ1) is 22.3. The molecule has 1 atom stereocenters. The van der Waals surface area contributed by atoms with Crippen LogP contribution < -0.4 is 5.32 Å². The van der Waals surface area contributed by atoms with Crippen LogP contribution in [0.4, 0.5) is 0 Å². The number of halogens is 1. The molecule has 1 saturated heterocycles. The summed E-state index contributed by atoms with van der Waals surface area (Å²) in [5.41, 5.74) is 1.90. The van der Waals surface area contributed by atoms with Gasteiger partial charge in [-0.15, -0.1) is 0 Å². The number of nitrogens with one attached hydrogen (secondary N) is 1. The summed E-state index contributed by atoms with van der Waals surface area (Å²) < 4.78 is 0. The predicted molar refractivity (Wildman–Crippen MR) is 120 cm³/mol. The van der Waals surface area contributed by atoms with Gasteiger partial charge in [0.25, 0.3) is 5.91 Å². The summed E-state index contributed by atoms with van der Waals surface area (Å²) in [4.78, 5) is 29.4. The first-order valence-corrected chi connectivity index (χ1v) is 11.0. The van der Waals surface area contributed by atoms with Crippen molar-refractivity contribution in [3.05, 3.63) is 70.7 Å². The van der Waals surface area contributed by atoms with Gasteiger partial charge in [0.15, 0.2) is 0 Å². The molecule has 1 unspecified atom stereocenters. The summed E-state index contributed by atoms with van der Waals surface area (Å²) in [6.45, 7) is 3.64. The Morgan fingerprint density at radius 2 is 1.87 bits per heavy atom. The van der Waals surface area contributed by atoms with Crippen molar-refractivity contribution in [2.75, 3.05) is 33.2 Å². The van der Waals surface area contributed by atoms with E-state index in [1.807, 2.05) is 6.07 Å². The van der Waals surface area contributed by atoms with Crippen molar-refractivity contribution in [2.24, 2.45) is 5.92 Å². The van der Waals surface area contributed by atoms with Crippen LogP contribution in [0.1, 0.15) is 35.2 Å². The lowest BCUT2D eigenvalue weighted by Crippen LogP contribution is -2.45. The van der Waals surface area contributed by atoms with E-state index in [0.29, 0.717) is 30.2 Å². The van der Waals surface area contributed by atoms with Crippen LogP contribution in [0, 0.1) is 5.92 Å². The van der Waals surface area contributed by atoms with Gasteiger partial charge in [-0.3, -0.25) is 9.59 Å². The number of amides is 2. The van der Waals surface area contributed by atoms with E-state index < -0.39 is 0 Å². The lowest BCUT2D eigenvalue weighted by molar-refractivity contribution is -0.126. The van der Waals surface area contributed by atoms with Crippen LogP contribution >= 0.6 is 11.6 Å². The Morgan fingerprint density at radius 1 is 1.13 bits per heavy atom. The number of benzene rings is 2. The van der Waals surface area contributed by atoms with Crippen LogP contribution in [-0.2, 0) is 11.3 Å². The molecule has 1 N–H and O–H groups in total. The fraction of sp³-hybridized carbons (Fsp3) is 0.417. The zero-order valence-electron chi connectivity index (χ0n) is 17.5. The molecule has 5 nitrogen and oxygen atoms in total. The molecule has 0 spiro atoms. The molecular weight excluding hydrogens is 398 g/mol. The lowest BCUT2D eigenvalue weighted by atomic mass is 9.96. The van der Waals surface area contributed by atoms with Gasteiger partial charge in [-0.05, 0) is 62.7 Å². The number of nitrogens with zero attached hydrogens (tertiary/aromatic N) is 2. The van der Waals surface area contributed by atoms with Gasteiger partial charge in [-0.2, -0.15) is 0 Å². The molecule has 1 heterocycles. The van der Waals surface area contributed by atoms with Crippen LogP contribution in [0.2, 0.25) is 5.02 Å². The highest BCUT2D eigenvalue weighted by Gasteiger charge is 2.28. The molecule has 2 aromatic rings. The Kier molecular flexibility index (Phi) is 8.29. The average Bonchev–Trinajstić information content (AvgIpc) is 2.77. The van der Waals surface area contributed by atoms with E-state index in [4.69, 9.17) is 11.6 Å². The molecule has 0 aromatic heterocycles. The van der Waals surface area contributed by atoms with Crippen molar-refractivity contribution in [1.82, 2.24) is 15.1 Å². The van der Waals surface area contributed by atoms with Crippen LogP contribution in [0.25, 0.3) is 0 Å². The standard InChI is InChI=1S/C24H30ClN3O2/c1-27(17-19-7-3-2-4-8-19)15-6-14-26-23(29)21-9-5-16-28(18-21)24(30)20-10-12-22(25)13-11-20/h2-4,7-8,10-13,21H,5-6,9,14-18H2,1H3,(H,26,29). The molecule has 1 aliphatic heterocycles. The minimum Gasteiger partial charge on any atom is -0.356 e. The molecule has 2 aromatic carbocycles. The van der Waals surface area contributed by atoms with Crippen molar-refractivity contribution in [1.29, 1.82) is 0 Å². The molecule has 1 aliphatic rings. The third-order valence-corrected chi connectivity index (χ3v) is 5.73. The quantitative estimate of drug-likeness (QED) is 0.651. The number of piperidine rings is 1. The van der Waals surface area contributed by atoms with Gasteiger partial charge in [0.05, 0.1) is 5.92 Å². The topological polar surface area (TPSA) is 52.7 Å². The van der Waals surface area contributed by atoms with Crippen LogP contribution in [-0.4, -0.2) is 54.8 Å². The van der Waals surface area contributed by atoms with E-state index in [0.717, 1.165) is 32.4 Å². The zero-order valence-corrected chi connectivity index (χ0v) is 18.3. The normalized spacial score (nSPS) is 16.5. The predicted octanol–water partition coefficient (Wildman–Crippen LogP) is 3.83. The highest BCUT2D eigenvalue weighted by atomic mass is 35.5. The van der Waals surface area contributed by atoms with E-state index in [9.17, 15) is 9.59 Å². The molecule has 3 rings (SSSR count). The highest BCUT2D eigenvalue weighted by molar-refractivity contribution is 6.30. The number of likely N-dealkylation sites (tertiary alicyclic amines) is 1. The maximum atomic E-state index is 12.7. The first-order valence-electron chi connectivity index (χ1n) is 10.6. The SMILES string of the molecule is CN(CCCNC(=O)C1CCCN(C(=O)c2ccc(Cl)cc2)C1)Cc1ccccc1. The second kappa shape index (κ2) is 11.1. The van der Waals surface area contributed by atoms with E-state index >= 15 is 0 Å². The molecule has 160 valence electrons. The van der Waals surface area contributed by atoms with Gasteiger partial charge in [0.2, 0.25) is 5.91 Å². The van der Waals surface area contributed by atoms with Crippen molar-refractivity contribution >= 4 is 23.4 Å². The van der Waals surface area contributed by atoms with Crippen LogP contribution in [0.5, 0.6) is 0 Å². The molecule has 6 heteroatoms. The minimum atomic E-state index is -0.142. The largest absolute Gasteiger partial charge is 0.356 e. The van der Waals surface area contributed by atoms with Crippen LogP contribution in [0.3, 0.4) is 0 Å². The Bertz CT molecular complexity index is 826. The number of carbonyl (C=O) groups is 2. The maximum Gasteiger partial charge on any atom is 0.253 e. The molecule has 1 fully saturated rings. The number of hydrogen-bond donors (Lipinski definition) is 1. The Morgan fingerprint density at radius 3 is 2.60 bits per heavy atom. The molecule has 0 aliphatic carbocycles. The Balaban J connectivity index is 1.39. The fourth-order valence-corrected chi connectivity index (χ4v) is 3.96. The number of carbonyl (C=O) groups excluding carboxylic acids is 2. The smallest absolute Gasteiger partial charge is 0.253 e.